The first kappa shape index (κ1) is 23.3. The summed E-state index contributed by atoms with van der Waals surface area (Å²) in [5.74, 6) is 0. The smallest absolute Gasteiger partial charge is 0.0393 e. The molecule has 24 heavy (non-hydrogen) atoms. The molecule has 0 aliphatic carbocycles. The van der Waals surface area contributed by atoms with Gasteiger partial charge < -0.3 is 4.90 Å². The molecule has 1 rings (SSSR count). The molecule has 0 aliphatic heterocycles. The molecule has 0 amide bonds. The third-order valence-electron chi connectivity index (χ3n) is 4.77. The van der Waals surface area contributed by atoms with Crippen LogP contribution in [-0.2, 0) is 6.42 Å². The van der Waals surface area contributed by atoms with Crippen LogP contribution in [0.2, 0.25) is 0 Å². The first-order valence-electron chi connectivity index (χ1n) is 10.0. The second kappa shape index (κ2) is 15.8. The molecule has 0 N–H and O–H groups in total. The Bertz CT molecular complexity index is 389. The van der Waals surface area contributed by atoms with E-state index in [0.29, 0.717) is 0 Å². The molecule has 140 valence electrons. The predicted molar refractivity (Wildman–Crippen MR) is 113 cm³/mol. The predicted octanol–water partition coefficient (Wildman–Crippen LogP) is 7.42. The highest BCUT2D eigenvalue weighted by Crippen LogP contribution is 2.20. The van der Waals surface area contributed by atoms with Crippen molar-refractivity contribution in [3.8, 4) is 0 Å². The van der Waals surface area contributed by atoms with Crippen LogP contribution < -0.4 is 4.90 Å². The van der Waals surface area contributed by atoms with Crippen LogP contribution in [0.25, 0.3) is 0 Å². The van der Waals surface area contributed by atoms with Crippen molar-refractivity contribution >= 4 is 18.1 Å². The number of unbranched alkanes of at least 4 members (excludes halogenated alkanes) is 11. The van der Waals surface area contributed by atoms with E-state index in [-0.39, 0.29) is 12.4 Å². The number of benzene rings is 1. The van der Waals surface area contributed by atoms with Gasteiger partial charge in [0.15, 0.2) is 0 Å². The zero-order chi connectivity index (χ0) is 16.8. The number of para-hydroxylation sites is 1. The second-order valence-electron chi connectivity index (χ2n) is 7.16. The van der Waals surface area contributed by atoms with Crippen LogP contribution in [0.15, 0.2) is 24.3 Å². The molecule has 2 heteroatoms. The summed E-state index contributed by atoms with van der Waals surface area (Å²) in [7, 11) is 4.28. The lowest BCUT2D eigenvalue weighted by Gasteiger charge is -2.17. The number of anilines is 1. The van der Waals surface area contributed by atoms with Gasteiger partial charge in [-0.15, -0.1) is 12.4 Å². The molecule has 0 saturated carbocycles. The van der Waals surface area contributed by atoms with Gasteiger partial charge in [0.1, 0.15) is 0 Å². The van der Waals surface area contributed by atoms with Crippen molar-refractivity contribution < 1.29 is 0 Å². The molecule has 0 unspecified atom stereocenters. The zero-order valence-electron chi connectivity index (χ0n) is 16.4. The average Bonchev–Trinajstić information content (AvgIpc) is 2.56. The van der Waals surface area contributed by atoms with E-state index >= 15 is 0 Å². The summed E-state index contributed by atoms with van der Waals surface area (Å²) in [6.07, 6.45) is 18.3. The topological polar surface area (TPSA) is 3.24 Å². The first-order chi connectivity index (χ1) is 11.3. The molecule has 0 radical (unpaired) electrons. The van der Waals surface area contributed by atoms with Gasteiger partial charge in [-0.1, -0.05) is 95.8 Å². The molecule has 0 atom stereocenters. The average molecular weight is 354 g/mol. The lowest BCUT2D eigenvalue weighted by molar-refractivity contribution is 0.544. The van der Waals surface area contributed by atoms with Crippen molar-refractivity contribution in [2.45, 2.75) is 90.4 Å². The van der Waals surface area contributed by atoms with E-state index < -0.39 is 0 Å². The monoisotopic (exact) mass is 353 g/mol. The van der Waals surface area contributed by atoms with Crippen LogP contribution in [0.5, 0.6) is 0 Å². The van der Waals surface area contributed by atoms with Crippen LogP contribution >= 0.6 is 12.4 Å². The third-order valence-corrected chi connectivity index (χ3v) is 4.77. The zero-order valence-corrected chi connectivity index (χ0v) is 17.2. The van der Waals surface area contributed by atoms with E-state index in [4.69, 9.17) is 0 Å². The maximum atomic E-state index is 2.29. The molecule has 1 aromatic carbocycles. The largest absolute Gasteiger partial charge is 0.377 e. The van der Waals surface area contributed by atoms with Crippen LogP contribution in [-0.4, -0.2) is 14.1 Å². The van der Waals surface area contributed by atoms with Crippen LogP contribution in [0, 0.1) is 0 Å². The van der Waals surface area contributed by atoms with Gasteiger partial charge in [0.25, 0.3) is 0 Å². The van der Waals surface area contributed by atoms with Crippen LogP contribution in [0.1, 0.15) is 89.5 Å². The van der Waals surface area contributed by atoms with Gasteiger partial charge in [0, 0.05) is 19.8 Å². The van der Waals surface area contributed by atoms with Crippen molar-refractivity contribution in [3.05, 3.63) is 29.8 Å². The number of rotatable bonds is 14. The summed E-state index contributed by atoms with van der Waals surface area (Å²) in [6, 6.07) is 8.83. The van der Waals surface area contributed by atoms with Gasteiger partial charge >= 0.3 is 0 Å². The number of nitrogens with zero attached hydrogens (tertiary/aromatic N) is 1. The summed E-state index contributed by atoms with van der Waals surface area (Å²) < 4.78 is 0. The maximum Gasteiger partial charge on any atom is 0.0393 e. The summed E-state index contributed by atoms with van der Waals surface area (Å²) in [5.41, 5.74) is 2.89. The van der Waals surface area contributed by atoms with E-state index in [2.05, 4.69) is 50.2 Å². The molecule has 0 bridgehead atoms. The minimum absolute atomic E-state index is 0. The molecular formula is C22H40ClN. The van der Waals surface area contributed by atoms with Crippen molar-refractivity contribution in [2.75, 3.05) is 19.0 Å². The van der Waals surface area contributed by atoms with E-state index in [9.17, 15) is 0 Å². The van der Waals surface area contributed by atoms with E-state index in [0.717, 1.165) is 0 Å². The number of hydrogen-bond acceptors (Lipinski definition) is 1. The fourth-order valence-corrected chi connectivity index (χ4v) is 3.31. The molecule has 0 heterocycles. The second-order valence-corrected chi connectivity index (χ2v) is 7.16. The molecule has 1 nitrogen and oxygen atoms in total. The molecular weight excluding hydrogens is 314 g/mol. The Hall–Kier alpha value is -0.690. The molecule has 0 spiro atoms. The minimum Gasteiger partial charge on any atom is -0.377 e. The van der Waals surface area contributed by atoms with Crippen molar-refractivity contribution in [1.29, 1.82) is 0 Å². The minimum atomic E-state index is 0. The lowest BCUT2D eigenvalue weighted by atomic mass is 10.0. The van der Waals surface area contributed by atoms with Crippen molar-refractivity contribution in [2.24, 2.45) is 0 Å². The van der Waals surface area contributed by atoms with Gasteiger partial charge in [-0.05, 0) is 24.5 Å². The third kappa shape index (κ3) is 11.0. The highest BCUT2D eigenvalue weighted by molar-refractivity contribution is 5.85. The SMILES string of the molecule is CCCCCCCCCCCCCCc1ccccc1N(C)C.Cl. The number of aryl methyl sites for hydroxylation is 1. The van der Waals surface area contributed by atoms with Crippen LogP contribution in [0.4, 0.5) is 5.69 Å². The standard InChI is InChI=1S/C22H39N.ClH/c1-4-5-6-7-8-9-10-11-12-13-14-15-18-21-19-16-17-20-22(21)23(2)3;/h16-17,19-20H,4-15,18H2,1-3H3;1H. The summed E-state index contributed by atoms with van der Waals surface area (Å²) in [6.45, 7) is 2.29. The van der Waals surface area contributed by atoms with E-state index in [1.807, 2.05) is 0 Å². The Morgan fingerprint density at radius 2 is 1.12 bits per heavy atom. The van der Waals surface area contributed by atoms with Crippen molar-refractivity contribution in [3.63, 3.8) is 0 Å². The van der Waals surface area contributed by atoms with Crippen LogP contribution in [0.3, 0.4) is 0 Å². The van der Waals surface area contributed by atoms with E-state index in [1.54, 1.807) is 0 Å². The summed E-state index contributed by atoms with van der Waals surface area (Å²) >= 11 is 0. The number of halogens is 1. The molecule has 0 saturated heterocycles. The maximum absolute atomic E-state index is 2.29. The molecule has 0 aliphatic rings. The first-order valence-corrected chi connectivity index (χ1v) is 10.0. The highest BCUT2D eigenvalue weighted by atomic mass is 35.5. The van der Waals surface area contributed by atoms with E-state index in [1.165, 1.54) is 94.7 Å². The Kier molecular flexibility index (Phi) is 15.4. The quantitative estimate of drug-likeness (QED) is 0.314. The summed E-state index contributed by atoms with van der Waals surface area (Å²) in [5, 5.41) is 0. The Labute approximate surface area is 157 Å². The number of hydrogen-bond donors (Lipinski definition) is 0. The lowest BCUT2D eigenvalue weighted by Crippen LogP contribution is -2.11. The Morgan fingerprint density at radius 3 is 1.62 bits per heavy atom. The molecule has 0 aromatic heterocycles. The Morgan fingerprint density at radius 1 is 0.667 bits per heavy atom. The molecule has 1 aromatic rings. The van der Waals surface area contributed by atoms with Gasteiger partial charge in [0.05, 0.1) is 0 Å². The molecule has 0 fully saturated rings. The fourth-order valence-electron chi connectivity index (χ4n) is 3.31. The normalized spacial score (nSPS) is 10.5. The Balaban J connectivity index is 0.00000529. The van der Waals surface area contributed by atoms with Gasteiger partial charge in [-0.25, -0.2) is 0 Å². The van der Waals surface area contributed by atoms with Gasteiger partial charge in [-0.2, -0.15) is 0 Å². The van der Waals surface area contributed by atoms with Gasteiger partial charge in [-0.3, -0.25) is 0 Å². The van der Waals surface area contributed by atoms with Crippen molar-refractivity contribution in [1.82, 2.24) is 0 Å². The van der Waals surface area contributed by atoms with Gasteiger partial charge in [0.2, 0.25) is 0 Å². The summed E-state index contributed by atoms with van der Waals surface area (Å²) in [4.78, 5) is 2.23. The highest BCUT2D eigenvalue weighted by Gasteiger charge is 2.03. The fraction of sp³-hybridized carbons (Fsp3) is 0.727.